The maximum atomic E-state index is 4.49. The van der Waals surface area contributed by atoms with Crippen LogP contribution in [0, 0.1) is 0 Å². The summed E-state index contributed by atoms with van der Waals surface area (Å²) in [6.45, 7) is 0. The van der Waals surface area contributed by atoms with E-state index in [0.29, 0.717) is 0 Å². The molecule has 0 bridgehead atoms. The standard InChI is InChI=1S/C14H12N2/c1-16-10-4-7-13(16)14-12-6-3-2-5-11(12)8-9-15-14/h2-10H,1H3. The Hall–Kier alpha value is -2.09. The second-order valence-electron chi connectivity index (χ2n) is 3.89. The van der Waals surface area contributed by atoms with Gasteiger partial charge in [0, 0.05) is 24.8 Å². The van der Waals surface area contributed by atoms with Crippen LogP contribution in [0.1, 0.15) is 0 Å². The first kappa shape index (κ1) is 9.16. The summed E-state index contributed by atoms with van der Waals surface area (Å²) < 4.78 is 2.09. The van der Waals surface area contributed by atoms with Crippen molar-refractivity contribution in [1.82, 2.24) is 9.55 Å². The van der Waals surface area contributed by atoms with Gasteiger partial charge in [-0.15, -0.1) is 0 Å². The number of benzene rings is 1. The Bertz CT molecular complexity index is 633. The van der Waals surface area contributed by atoms with Gasteiger partial charge in [0.15, 0.2) is 0 Å². The summed E-state index contributed by atoms with van der Waals surface area (Å²) >= 11 is 0. The van der Waals surface area contributed by atoms with E-state index in [9.17, 15) is 0 Å². The molecule has 78 valence electrons. The van der Waals surface area contributed by atoms with Gasteiger partial charge < -0.3 is 4.57 Å². The molecule has 0 amide bonds. The van der Waals surface area contributed by atoms with Gasteiger partial charge in [-0.3, -0.25) is 4.98 Å². The minimum atomic E-state index is 1.05. The van der Waals surface area contributed by atoms with Gasteiger partial charge in [0.2, 0.25) is 0 Å². The Balaban J connectivity index is 2.36. The summed E-state index contributed by atoms with van der Waals surface area (Å²) in [5.41, 5.74) is 2.20. The monoisotopic (exact) mass is 208 g/mol. The Morgan fingerprint density at radius 3 is 2.69 bits per heavy atom. The van der Waals surface area contributed by atoms with Gasteiger partial charge in [-0.25, -0.2) is 0 Å². The van der Waals surface area contributed by atoms with Crippen LogP contribution in [0.2, 0.25) is 0 Å². The SMILES string of the molecule is Cn1cccc1-c1nccc2ccccc12. The van der Waals surface area contributed by atoms with Crippen molar-refractivity contribution in [1.29, 1.82) is 0 Å². The van der Waals surface area contributed by atoms with Crippen LogP contribution in [0.5, 0.6) is 0 Å². The van der Waals surface area contributed by atoms with Crippen molar-refractivity contribution in [3.05, 3.63) is 54.9 Å². The minimum Gasteiger partial charge on any atom is -0.349 e. The zero-order valence-corrected chi connectivity index (χ0v) is 9.09. The molecular weight excluding hydrogens is 196 g/mol. The number of aromatic nitrogens is 2. The second kappa shape index (κ2) is 3.49. The molecule has 0 aliphatic carbocycles. The molecule has 0 atom stereocenters. The number of aryl methyl sites for hydroxylation is 1. The number of pyridine rings is 1. The Morgan fingerprint density at radius 1 is 1.00 bits per heavy atom. The second-order valence-corrected chi connectivity index (χ2v) is 3.89. The van der Waals surface area contributed by atoms with Crippen molar-refractivity contribution in [3.63, 3.8) is 0 Å². The van der Waals surface area contributed by atoms with Crippen molar-refractivity contribution < 1.29 is 0 Å². The maximum Gasteiger partial charge on any atom is 0.0944 e. The molecule has 2 heteroatoms. The maximum absolute atomic E-state index is 4.49. The quantitative estimate of drug-likeness (QED) is 0.600. The molecule has 0 spiro atoms. The fourth-order valence-corrected chi connectivity index (χ4v) is 2.03. The molecule has 3 rings (SSSR count). The first-order chi connectivity index (χ1) is 7.86. The fraction of sp³-hybridized carbons (Fsp3) is 0.0714. The Labute approximate surface area is 94.2 Å². The van der Waals surface area contributed by atoms with Crippen LogP contribution in [0.15, 0.2) is 54.9 Å². The molecular formula is C14H12N2. The fourth-order valence-electron chi connectivity index (χ4n) is 2.03. The predicted molar refractivity (Wildman–Crippen MR) is 66.2 cm³/mol. The lowest BCUT2D eigenvalue weighted by molar-refractivity contribution is 0.932. The average molecular weight is 208 g/mol. The minimum absolute atomic E-state index is 1.05. The van der Waals surface area contributed by atoms with Gasteiger partial charge in [0.1, 0.15) is 0 Å². The van der Waals surface area contributed by atoms with E-state index in [2.05, 4.69) is 39.9 Å². The predicted octanol–water partition coefficient (Wildman–Crippen LogP) is 3.24. The summed E-state index contributed by atoms with van der Waals surface area (Å²) in [7, 11) is 2.04. The van der Waals surface area contributed by atoms with E-state index in [1.165, 1.54) is 10.8 Å². The van der Waals surface area contributed by atoms with Gasteiger partial charge in [-0.1, -0.05) is 24.3 Å². The molecule has 0 saturated carbocycles. The highest BCUT2D eigenvalue weighted by Gasteiger charge is 2.06. The van der Waals surface area contributed by atoms with Gasteiger partial charge in [-0.2, -0.15) is 0 Å². The molecule has 2 heterocycles. The summed E-state index contributed by atoms with van der Waals surface area (Å²) in [4.78, 5) is 4.49. The van der Waals surface area contributed by atoms with Crippen LogP contribution in [-0.4, -0.2) is 9.55 Å². The molecule has 0 radical (unpaired) electrons. The van der Waals surface area contributed by atoms with Gasteiger partial charge in [-0.05, 0) is 23.6 Å². The zero-order chi connectivity index (χ0) is 11.0. The summed E-state index contributed by atoms with van der Waals surface area (Å²) in [6, 6.07) is 14.5. The molecule has 0 saturated heterocycles. The summed E-state index contributed by atoms with van der Waals surface area (Å²) in [5.74, 6) is 0. The van der Waals surface area contributed by atoms with Crippen LogP contribution in [0.3, 0.4) is 0 Å². The largest absolute Gasteiger partial charge is 0.349 e. The normalized spacial score (nSPS) is 10.8. The zero-order valence-electron chi connectivity index (χ0n) is 9.09. The molecule has 2 nitrogen and oxygen atoms in total. The lowest BCUT2D eigenvalue weighted by Gasteiger charge is -2.06. The number of fused-ring (bicyclic) bond motifs is 1. The van der Waals surface area contributed by atoms with Crippen LogP contribution >= 0.6 is 0 Å². The molecule has 3 aromatic rings. The third kappa shape index (κ3) is 1.31. The lowest BCUT2D eigenvalue weighted by Crippen LogP contribution is -1.92. The smallest absolute Gasteiger partial charge is 0.0944 e. The highest BCUT2D eigenvalue weighted by Crippen LogP contribution is 2.25. The number of rotatable bonds is 1. The first-order valence-electron chi connectivity index (χ1n) is 5.32. The van der Waals surface area contributed by atoms with E-state index in [0.717, 1.165) is 11.4 Å². The molecule has 0 aliphatic rings. The van der Waals surface area contributed by atoms with E-state index in [1.54, 1.807) is 0 Å². The van der Waals surface area contributed by atoms with E-state index >= 15 is 0 Å². The van der Waals surface area contributed by atoms with Gasteiger partial charge in [0.25, 0.3) is 0 Å². The van der Waals surface area contributed by atoms with Crippen molar-refractivity contribution >= 4 is 10.8 Å². The van der Waals surface area contributed by atoms with E-state index < -0.39 is 0 Å². The van der Waals surface area contributed by atoms with E-state index in [1.807, 2.05) is 31.6 Å². The van der Waals surface area contributed by atoms with Crippen molar-refractivity contribution in [3.8, 4) is 11.4 Å². The Kier molecular flexibility index (Phi) is 2.00. The molecule has 0 unspecified atom stereocenters. The summed E-state index contributed by atoms with van der Waals surface area (Å²) in [5, 5.41) is 2.43. The van der Waals surface area contributed by atoms with Crippen LogP contribution in [0.4, 0.5) is 0 Å². The third-order valence-electron chi connectivity index (χ3n) is 2.86. The van der Waals surface area contributed by atoms with Crippen LogP contribution < -0.4 is 0 Å². The molecule has 0 fully saturated rings. The molecule has 16 heavy (non-hydrogen) atoms. The lowest BCUT2D eigenvalue weighted by atomic mass is 10.1. The summed E-state index contributed by atoms with van der Waals surface area (Å²) in [6.07, 6.45) is 3.91. The first-order valence-corrected chi connectivity index (χ1v) is 5.32. The highest BCUT2D eigenvalue weighted by atomic mass is 14.9. The van der Waals surface area contributed by atoms with E-state index in [-0.39, 0.29) is 0 Å². The Morgan fingerprint density at radius 2 is 1.88 bits per heavy atom. The van der Waals surface area contributed by atoms with E-state index in [4.69, 9.17) is 0 Å². The third-order valence-corrected chi connectivity index (χ3v) is 2.86. The number of hydrogen-bond donors (Lipinski definition) is 0. The number of nitrogens with zero attached hydrogens (tertiary/aromatic N) is 2. The van der Waals surface area contributed by atoms with Crippen LogP contribution in [-0.2, 0) is 7.05 Å². The molecule has 2 aromatic heterocycles. The van der Waals surface area contributed by atoms with Gasteiger partial charge >= 0.3 is 0 Å². The highest BCUT2D eigenvalue weighted by molar-refractivity contribution is 5.93. The van der Waals surface area contributed by atoms with Crippen molar-refractivity contribution in [2.75, 3.05) is 0 Å². The molecule has 1 aromatic carbocycles. The average Bonchev–Trinajstić information content (AvgIpc) is 2.75. The van der Waals surface area contributed by atoms with Gasteiger partial charge in [0.05, 0.1) is 11.4 Å². The van der Waals surface area contributed by atoms with Crippen molar-refractivity contribution in [2.24, 2.45) is 7.05 Å². The molecule has 0 aliphatic heterocycles. The van der Waals surface area contributed by atoms with Crippen LogP contribution in [0.25, 0.3) is 22.2 Å². The van der Waals surface area contributed by atoms with Crippen molar-refractivity contribution in [2.45, 2.75) is 0 Å². The number of hydrogen-bond acceptors (Lipinski definition) is 1. The molecule has 0 N–H and O–H groups in total. The topological polar surface area (TPSA) is 17.8 Å².